The minimum absolute atomic E-state index is 0.129. The molecule has 30 heavy (non-hydrogen) atoms. The topological polar surface area (TPSA) is 69.9 Å². The molecule has 0 spiro atoms. The van der Waals surface area contributed by atoms with Gasteiger partial charge in [-0.05, 0) is 24.3 Å². The van der Waals surface area contributed by atoms with Crippen LogP contribution in [-0.2, 0) is 6.54 Å². The molecule has 0 aliphatic carbocycles. The number of fused-ring (bicyclic) bond motifs is 1. The summed E-state index contributed by atoms with van der Waals surface area (Å²) in [5.41, 5.74) is 1.48. The van der Waals surface area contributed by atoms with Gasteiger partial charge in [-0.15, -0.1) is 0 Å². The highest BCUT2D eigenvalue weighted by molar-refractivity contribution is 5.96. The Bertz CT molecular complexity index is 1220. The van der Waals surface area contributed by atoms with Crippen LogP contribution in [0.1, 0.15) is 27.9 Å². The van der Waals surface area contributed by atoms with Crippen LogP contribution in [0.3, 0.4) is 0 Å². The third-order valence-electron chi connectivity index (χ3n) is 4.57. The Morgan fingerprint density at radius 1 is 1.10 bits per heavy atom. The number of rotatable bonds is 6. The minimum atomic E-state index is -2.68. The predicted octanol–water partition coefficient (Wildman–Crippen LogP) is 4.44. The third kappa shape index (κ3) is 3.73. The van der Waals surface area contributed by atoms with Gasteiger partial charge in [0.05, 0.1) is 25.4 Å². The van der Waals surface area contributed by atoms with Gasteiger partial charge in [0.1, 0.15) is 11.6 Å². The minimum Gasteiger partial charge on any atom is -0.497 e. The van der Waals surface area contributed by atoms with E-state index in [-0.39, 0.29) is 17.7 Å². The molecule has 0 bridgehead atoms. The van der Waals surface area contributed by atoms with Crippen LogP contribution in [0, 0.1) is 5.82 Å². The number of halogens is 3. The van der Waals surface area contributed by atoms with Crippen LogP contribution >= 0.6 is 0 Å². The molecule has 0 N–H and O–H groups in total. The maximum absolute atomic E-state index is 13.7. The molecule has 0 saturated heterocycles. The summed E-state index contributed by atoms with van der Waals surface area (Å²) in [6.07, 6.45) is 2.40. The van der Waals surface area contributed by atoms with Gasteiger partial charge in [-0.3, -0.25) is 9.48 Å². The van der Waals surface area contributed by atoms with E-state index in [1.807, 2.05) is 0 Å². The van der Waals surface area contributed by atoms with Gasteiger partial charge in [-0.1, -0.05) is 0 Å². The van der Waals surface area contributed by atoms with Crippen molar-refractivity contribution in [2.24, 2.45) is 0 Å². The number of nitrogens with zero attached hydrogens (tertiary/aromatic N) is 4. The van der Waals surface area contributed by atoms with E-state index in [4.69, 9.17) is 4.74 Å². The summed E-state index contributed by atoms with van der Waals surface area (Å²) in [6, 6.07) is 6.65. The zero-order valence-corrected chi connectivity index (χ0v) is 15.7. The number of hydrogen-bond donors (Lipinski definition) is 0. The summed E-state index contributed by atoms with van der Waals surface area (Å²) in [4.78, 5) is 20.0. The molecule has 0 aliphatic rings. The van der Waals surface area contributed by atoms with Crippen molar-refractivity contribution in [3.63, 3.8) is 0 Å². The van der Waals surface area contributed by atoms with E-state index in [0.717, 1.165) is 6.07 Å². The number of aromatic nitrogens is 4. The lowest BCUT2D eigenvalue weighted by atomic mass is 10.1. The first-order valence-electron chi connectivity index (χ1n) is 8.87. The van der Waals surface area contributed by atoms with Crippen molar-refractivity contribution in [2.45, 2.75) is 13.0 Å². The standard InChI is InChI=1S/C21H15F3N4O2/c1-30-18-5-14(4-17(22)6-18)21-25-7-12(8-26-21)10-28-19-15(9-27-28)2-13(20(23)24)3-16(19)11-29/h2-9,11,20H,10H2,1H3. The van der Waals surface area contributed by atoms with Crippen LogP contribution in [0.4, 0.5) is 13.2 Å². The quantitative estimate of drug-likeness (QED) is 0.438. The monoisotopic (exact) mass is 412 g/mol. The van der Waals surface area contributed by atoms with E-state index in [1.165, 1.54) is 36.2 Å². The molecule has 0 amide bonds. The molecule has 152 valence electrons. The molecule has 6 nitrogen and oxygen atoms in total. The summed E-state index contributed by atoms with van der Waals surface area (Å²) in [5.74, 6) is 0.201. The second-order valence-corrected chi connectivity index (χ2v) is 6.56. The van der Waals surface area contributed by atoms with Crippen molar-refractivity contribution < 1.29 is 22.7 Å². The highest BCUT2D eigenvalue weighted by atomic mass is 19.3. The highest BCUT2D eigenvalue weighted by Crippen LogP contribution is 2.27. The van der Waals surface area contributed by atoms with Crippen LogP contribution in [0.5, 0.6) is 5.75 Å². The number of ether oxygens (including phenoxy) is 1. The molecule has 2 aromatic heterocycles. The van der Waals surface area contributed by atoms with E-state index < -0.39 is 12.2 Å². The largest absolute Gasteiger partial charge is 0.497 e. The Morgan fingerprint density at radius 3 is 2.53 bits per heavy atom. The smallest absolute Gasteiger partial charge is 0.263 e. The van der Waals surface area contributed by atoms with Crippen LogP contribution in [-0.4, -0.2) is 33.1 Å². The van der Waals surface area contributed by atoms with Gasteiger partial charge in [0.25, 0.3) is 6.43 Å². The second kappa shape index (κ2) is 7.94. The van der Waals surface area contributed by atoms with E-state index >= 15 is 0 Å². The summed E-state index contributed by atoms with van der Waals surface area (Å²) in [7, 11) is 1.44. The lowest BCUT2D eigenvalue weighted by molar-refractivity contribution is 0.112. The normalized spacial score (nSPS) is 11.2. The van der Waals surface area contributed by atoms with Crippen LogP contribution in [0.15, 0.2) is 48.9 Å². The fourth-order valence-corrected chi connectivity index (χ4v) is 3.19. The molecular formula is C21H15F3N4O2. The molecule has 4 aromatic rings. The first kappa shape index (κ1) is 19.6. The van der Waals surface area contributed by atoms with Crippen LogP contribution in [0.2, 0.25) is 0 Å². The van der Waals surface area contributed by atoms with Gasteiger partial charge in [0.2, 0.25) is 0 Å². The molecule has 0 unspecified atom stereocenters. The highest BCUT2D eigenvalue weighted by Gasteiger charge is 2.15. The zero-order valence-electron chi connectivity index (χ0n) is 15.7. The Labute approximate surface area is 169 Å². The summed E-state index contributed by atoms with van der Waals surface area (Å²) >= 11 is 0. The van der Waals surface area contributed by atoms with E-state index in [2.05, 4.69) is 15.1 Å². The first-order chi connectivity index (χ1) is 14.5. The summed E-state index contributed by atoms with van der Waals surface area (Å²) in [5, 5.41) is 4.65. The van der Waals surface area contributed by atoms with Gasteiger partial charge >= 0.3 is 0 Å². The Balaban J connectivity index is 1.65. The van der Waals surface area contributed by atoms with E-state index in [0.29, 0.717) is 39.9 Å². The van der Waals surface area contributed by atoms with Crippen LogP contribution in [0.25, 0.3) is 22.3 Å². The Morgan fingerprint density at radius 2 is 1.87 bits per heavy atom. The van der Waals surface area contributed by atoms with Gasteiger partial charge in [-0.2, -0.15) is 5.10 Å². The molecular weight excluding hydrogens is 397 g/mol. The number of alkyl halides is 2. The third-order valence-corrected chi connectivity index (χ3v) is 4.57. The molecule has 9 heteroatoms. The van der Waals surface area contributed by atoms with Crippen molar-refractivity contribution >= 4 is 17.2 Å². The fraction of sp³-hybridized carbons (Fsp3) is 0.143. The molecule has 0 radical (unpaired) electrons. The van der Waals surface area contributed by atoms with Gasteiger partial charge in [0.15, 0.2) is 12.1 Å². The van der Waals surface area contributed by atoms with Crippen molar-refractivity contribution in [1.82, 2.24) is 19.7 Å². The number of methoxy groups -OCH3 is 1. The maximum Gasteiger partial charge on any atom is 0.263 e. The molecule has 0 atom stereocenters. The number of hydrogen-bond acceptors (Lipinski definition) is 5. The number of aldehydes is 1. The second-order valence-electron chi connectivity index (χ2n) is 6.56. The molecule has 4 rings (SSSR count). The van der Waals surface area contributed by atoms with Crippen molar-refractivity contribution in [3.8, 4) is 17.1 Å². The predicted molar refractivity (Wildman–Crippen MR) is 103 cm³/mol. The van der Waals surface area contributed by atoms with Gasteiger partial charge in [-0.25, -0.2) is 23.1 Å². The van der Waals surface area contributed by atoms with Crippen molar-refractivity contribution in [2.75, 3.05) is 7.11 Å². The number of carbonyl (C=O) groups excluding carboxylic acids is 1. The number of benzene rings is 2. The Kier molecular flexibility index (Phi) is 5.18. The molecule has 0 saturated carbocycles. The van der Waals surface area contributed by atoms with Crippen molar-refractivity contribution in [3.05, 3.63) is 71.4 Å². The van der Waals surface area contributed by atoms with E-state index in [1.54, 1.807) is 18.5 Å². The number of carbonyl (C=O) groups is 1. The SMILES string of the molecule is COc1cc(F)cc(-c2ncc(Cn3ncc4cc(C(F)F)cc(C=O)c43)cn2)c1. The Hall–Kier alpha value is -3.75. The average molecular weight is 412 g/mol. The first-order valence-corrected chi connectivity index (χ1v) is 8.87. The summed E-state index contributed by atoms with van der Waals surface area (Å²) < 4.78 is 46.3. The summed E-state index contributed by atoms with van der Waals surface area (Å²) in [6.45, 7) is 0.227. The maximum atomic E-state index is 13.7. The average Bonchev–Trinajstić information content (AvgIpc) is 3.15. The zero-order chi connectivity index (χ0) is 21.3. The van der Waals surface area contributed by atoms with E-state index in [9.17, 15) is 18.0 Å². The van der Waals surface area contributed by atoms with Crippen molar-refractivity contribution in [1.29, 1.82) is 0 Å². The lowest BCUT2D eigenvalue weighted by Crippen LogP contribution is -2.05. The fourth-order valence-electron chi connectivity index (χ4n) is 3.19. The van der Waals surface area contributed by atoms with Gasteiger partial charge < -0.3 is 4.74 Å². The molecule has 2 aromatic carbocycles. The molecule has 2 heterocycles. The van der Waals surface area contributed by atoms with Crippen LogP contribution < -0.4 is 4.74 Å². The lowest BCUT2D eigenvalue weighted by Gasteiger charge is -2.08. The molecule has 0 fully saturated rings. The molecule has 0 aliphatic heterocycles. The van der Waals surface area contributed by atoms with Gasteiger partial charge in [0, 0.05) is 46.1 Å².